The molecule has 1 aliphatic heterocycles. The Morgan fingerprint density at radius 3 is 3.00 bits per heavy atom. The molecule has 5 heteroatoms. The molecule has 0 unspecified atom stereocenters. The second kappa shape index (κ2) is 6.09. The molecule has 3 heterocycles. The van der Waals surface area contributed by atoms with Crippen molar-refractivity contribution >= 4 is 44.4 Å². The second-order valence-corrected chi connectivity index (χ2v) is 6.96. The fraction of sp³-hybridized carbons (Fsp3) is 0.429. The summed E-state index contributed by atoms with van der Waals surface area (Å²) in [5.41, 5.74) is 2.98. The summed E-state index contributed by atoms with van der Waals surface area (Å²) in [6.45, 7) is 1.04. The van der Waals surface area contributed by atoms with Gasteiger partial charge in [0.05, 0.1) is 11.2 Å². The Hall–Kier alpha value is -0.810. The summed E-state index contributed by atoms with van der Waals surface area (Å²) in [4.78, 5) is 8.83. The number of aromatic nitrogens is 2. The van der Waals surface area contributed by atoms with Gasteiger partial charge in [-0.1, -0.05) is 0 Å². The smallest absolute Gasteiger partial charge is 0.112 e. The van der Waals surface area contributed by atoms with E-state index in [4.69, 9.17) is 0 Å². The van der Waals surface area contributed by atoms with Gasteiger partial charge in [-0.05, 0) is 58.3 Å². The normalized spacial score (nSPS) is 16.7. The van der Waals surface area contributed by atoms with Crippen molar-refractivity contribution in [3.63, 3.8) is 0 Å². The number of fused-ring (bicyclic) bond motifs is 1. The van der Waals surface area contributed by atoms with Crippen LogP contribution in [0.2, 0.25) is 0 Å². The number of hydrogen-bond donors (Lipinski definition) is 1. The van der Waals surface area contributed by atoms with Crippen LogP contribution in [0.1, 0.15) is 12.8 Å². The molecule has 0 bridgehead atoms. The van der Waals surface area contributed by atoms with Crippen LogP contribution in [-0.2, 0) is 0 Å². The Kier molecular flexibility index (Phi) is 4.23. The Balaban J connectivity index is 1.76. The average molecular weight is 338 g/mol. The van der Waals surface area contributed by atoms with Gasteiger partial charge < -0.3 is 5.32 Å². The van der Waals surface area contributed by atoms with Crippen molar-refractivity contribution in [3.05, 3.63) is 29.0 Å². The van der Waals surface area contributed by atoms with Crippen LogP contribution in [0, 0.1) is 5.92 Å². The number of pyridine rings is 2. The number of nitrogens with zero attached hydrogens (tertiary/aromatic N) is 2. The lowest BCUT2D eigenvalue weighted by molar-refractivity contribution is 0.516. The van der Waals surface area contributed by atoms with Crippen LogP contribution >= 0.6 is 27.7 Å². The molecular formula is C14H16BrN3S. The molecule has 0 spiro atoms. The standard InChI is InChI=1S/C14H16BrN3S/c15-11-7-13-14(18-9-11)12(1-4-16-13)17-8-10-2-5-19-6-3-10/h1,4,7,9-10H,2-3,5-6,8H2,(H,16,17). The Morgan fingerprint density at radius 1 is 1.32 bits per heavy atom. The first-order valence-electron chi connectivity index (χ1n) is 6.55. The van der Waals surface area contributed by atoms with Gasteiger partial charge in [0.15, 0.2) is 0 Å². The minimum atomic E-state index is 0.792. The van der Waals surface area contributed by atoms with Crippen LogP contribution in [0.15, 0.2) is 29.0 Å². The number of anilines is 1. The van der Waals surface area contributed by atoms with E-state index in [1.807, 2.05) is 24.5 Å². The van der Waals surface area contributed by atoms with E-state index < -0.39 is 0 Å². The maximum atomic E-state index is 4.47. The van der Waals surface area contributed by atoms with Crippen LogP contribution in [0.4, 0.5) is 5.69 Å². The van der Waals surface area contributed by atoms with Gasteiger partial charge in [-0.3, -0.25) is 9.97 Å². The highest BCUT2D eigenvalue weighted by atomic mass is 79.9. The molecule has 0 amide bonds. The van der Waals surface area contributed by atoms with Crippen LogP contribution < -0.4 is 5.32 Å². The molecule has 0 radical (unpaired) electrons. The molecule has 0 aromatic carbocycles. The van der Waals surface area contributed by atoms with Crippen molar-refractivity contribution in [2.75, 3.05) is 23.4 Å². The molecule has 1 N–H and O–H groups in total. The number of halogens is 1. The van der Waals surface area contributed by atoms with Gasteiger partial charge in [0.2, 0.25) is 0 Å². The summed E-state index contributed by atoms with van der Waals surface area (Å²) in [7, 11) is 0. The first-order chi connectivity index (χ1) is 9.33. The maximum Gasteiger partial charge on any atom is 0.112 e. The minimum absolute atomic E-state index is 0.792. The van der Waals surface area contributed by atoms with Gasteiger partial charge in [0.25, 0.3) is 0 Å². The van der Waals surface area contributed by atoms with Gasteiger partial charge in [-0.25, -0.2) is 0 Å². The third-order valence-corrected chi connectivity index (χ3v) is 4.95. The summed E-state index contributed by atoms with van der Waals surface area (Å²) in [6.07, 6.45) is 6.31. The summed E-state index contributed by atoms with van der Waals surface area (Å²) >= 11 is 5.50. The summed E-state index contributed by atoms with van der Waals surface area (Å²) < 4.78 is 0.967. The van der Waals surface area contributed by atoms with Crippen molar-refractivity contribution < 1.29 is 0 Å². The van der Waals surface area contributed by atoms with E-state index in [-0.39, 0.29) is 0 Å². The number of thioether (sulfide) groups is 1. The molecule has 19 heavy (non-hydrogen) atoms. The van der Waals surface area contributed by atoms with E-state index in [1.165, 1.54) is 24.3 Å². The highest BCUT2D eigenvalue weighted by Gasteiger charge is 2.14. The third-order valence-electron chi connectivity index (χ3n) is 3.47. The van der Waals surface area contributed by atoms with Crippen molar-refractivity contribution in [2.24, 2.45) is 5.92 Å². The SMILES string of the molecule is Brc1cnc2c(NCC3CCSCC3)ccnc2c1. The molecule has 100 valence electrons. The fourth-order valence-corrected chi connectivity index (χ4v) is 3.88. The molecule has 3 nitrogen and oxygen atoms in total. The minimum Gasteiger partial charge on any atom is -0.383 e. The third kappa shape index (κ3) is 3.20. The zero-order valence-electron chi connectivity index (χ0n) is 10.6. The van der Waals surface area contributed by atoms with Crippen LogP contribution in [0.3, 0.4) is 0 Å². The van der Waals surface area contributed by atoms with Gasteiger partial charge in [0.1, 0.15) is 5.52 Å². The summed E-state index contributed by atoms with van der Waals surface area (Å²) in [5.74, 6) is 3.39. The van der Waals surface area contributed by atoms with Gasteiger partial charge >= 0.3 is 0 Å². The molecule has 1 aliphatic rings. The molecule has 0 saturated carbocycles. The lowest BCUT2D eigenvalue weighted by Gasteiger charge is -2.22. The van der Waals surface area contributed by atoms with E-state index in [2.05, 4.69) is 43.0 Å². The van der Waals surface area contributed by atoms with E-state index >= 15 is 0 Å². The molecule has 0 aliphatic carbocycles. The number of rotatable bonds is 3. The predicted octanol–water partition coefficient (Wildman–Crippen LogP) is 3.95. The van der Waals surface area contributed by atoms with Crippen molar-refractivity contribution in [3.8, 4) is 0 Å². The molecule has 1 saturated heterocycles. The van der Waals surface area contributed by atoms with Gasteiger partial charge in [-0.2, -0.15) is 11.8 Å². The lowest BCUT2D eigenvalue weighted by atomic mass is 10.0. The van der Waals surface area contributed by atoms with Crippen molar-refractivity contribution in [2.45, 2.75) is 12.8 Å². The average Bonchev–Trinajstić information content (AvgIpc) is 2.45. The first-order valence-corrected chi connectivity index (χ1v) is 8.49. The van der Waals surface area contributed by atoms with E-state index in [9.17, 15) is 0 Å². The molecule has 1 fully saturated rings. The molecule has 2 aromatic rings. The summed E-state index contributed by atoms with van der Waals surface area (Å²) in [6, 6.07) is 4.02. The second-order valence-electron chi connectivity index (χ2n) is 4.82. The van der Waals surface area contributed by atoms with Crippen molar-refractivity contribution in [1.29, 1.82) is 0 Å². The highest BCUT2D eigenvalue weighted by Crippen LogP contribution is 2.25. The largest absolute Gasteiger partial charge is 0.383 e. The van der Waals surface area contributed by atoms with Crippen LogP contribution in [0.5, 0.6) is 0 Å². The Morgan fingerprint density at radius 2 is 2.16 bits per heavy atom. The van der Waals surface area contributed by atoms with Crippen LogP contribution in [-0.4, -0.2) is 28.0 Å². The highest BCUT2D eigenvalue weighted by molar-refractivity contribution is 9.10. The van der Waals surface area contributed by atoms with Gasteiger partial charge in [-0.15, -0.1) is 0 Å². The zero-order chi connectivity index (χ0) is 13.1. The van der Waals surface area contributed by atoms with E-state index in [0.29, 0.717) is 0 Å². The molecular weight excluding hydrogens is 322 g/mol. The Bertz CT molecular complexity index is 570. The Labute approximate surface area is 125 Å². The number of hydrogen-bond acceptors (Lipinski definition) is 4. The molecule has 2 aromatic heterocycles. The zero-order valence-corrected chi connectivity index (χ0v) is 13.0. The predicted molar refractivity (Wildman–Crippen MR) is 85.8 cm³/mol. The first kappa shape index (κ1) is 13.2. The molecule has 0 atom stereocenters. The topological polar surface area (TPSA) is 37.8 Å². The number of nitrogens with one attached hydrogen (secondary N) is 1. The van der Waals surface area contributed by atoms with E-state index in [1.54, 1.807) is 0 Å². The van der Waals surface area contributed by atoms with Gasteiger partial charge in [0, 0.05) is 23.4 Å². The quantitative estimate of drug-likeness (QED) is 0.920. The van der Waals surface area contributed by atoms with Crippen molar-refractivity contribution in [1.82, 2.24) is 9.97 Å². The van der Waals surface area contributed by atoms with Crippen LogP contribution in [0.25, 0.3) is 11.0 Å². The summed E-state index contributed by atoms with van der Waals surface area (Å²) in [5, 5.41) is 3.55. The molecule has 3 rings (SSSR count). The lowest BCUT2D eigenvalue weighted by Crippen LogP contribution is -2.19. The maximum absolute atomic E-state index is 4.47. The van der Waals surface area contributed by atoms with E-state index in [0.717, 1.165) is 33.7 Å². The fourth-order valence-electron chi connectivity index (χ4n) is 2.35. The monoisotopic (exact) mass is 337 g/mol.